The van der Waals surface area contributed by atoms with Gasteiger partial charge < -0.3 is 0 Å². The Labute approximate surface area is 213 Å². The zero-order valence-electron chi connectivity index (χ0n) is 21.5. The number of rotatable bonds is 13. The molecule has 2 aromatic rings. The Kier molecular flexibility index (Phi) is 11.0. The van der Waals surface area contributed by atoms with Crippen LogP contribution in [-0.4, -0.2) is 27.8 Å². The number of hydrazine groups is 1. The molecule has 0 spiro atoms. The second-order valence-corrected chi connectivity index (χ2v) is 9.63. The van der Waals surface area contributed by atoms with Crippen molar-refractivity contribution < 1.29 is 19.6 Å². The topological polar surface area (TPSA) is 134 Å². The van der Waals surface area contributed by atoms with Crippen molar-refractivity contribution in [2.75, 3.05) is 0 Å². The number of nitrogens with zero attached hydrogens (tertiary/aromatic N) is 1. The molecule has 3 atom stereocenters. The third-order valence-corrected chi connectivity index (χ3v) is 6.36. The van der Waals surface area contributed by atoms with E-state index < -0.39 is 34.8 Å². The van der Waals surface area contributed by atoms with Crippen molar-refractivity contribution in [1.29, 1.82) is 0 Å². The lowest BCUT2D eigenvalue weighted by Crippen LogP contribution is -2.53. The average molecular weight is 495 g/mol. The predicted molar refractivity (Wildman–Crippen MR) is 139 cm³/mol. The van der Waals surface area contributed by atoms with Crippen LogP contribution in [0.2, 0.25) is 0 Å². The molecule has 1 aromatic heterocycles. The maximum atomic E-state index is 14.5. The highest BCUT2D eigenvalue weighted by molar-refractivity contribution is 6.09. The quantitative estimate of drug-likeness (QED) is 0.109. The molecular weight excluding hydrogens is 456 g/mol. The number of allylic oxidation sites excluding steroid dienone is 1. The molecule has 5 N–H and O–H groups in total. The van der Waals surface area contributed by atoms with Crippen molar-refractivity contribution in [2.24, 2.45) is 23.1 Å². The molecule has 1 unspecified atom stereocenters. The summed E-state index contributed by atoms with van der Waals surface area (Å²) in [6.07, 6.45) is 6.44. The molecule has 0 radical (unpaired) electrons. The van der Waals surface area contributed by atoms with E-state index in [4.69, 9.17) is 5.84 Å². The van der Waals surface area contributed by atoms with Gasteiger partial charge in [0.2, 0.25) is 11.8 Å². The number of carbonyl (C=O) groups is 3. The van der Waals surface area contributed by atoms with Crippen LogP contribution in [0.4, 0.5) is 0 Å². The van der Waals surface area contributed by atoms with E-state index in [9.17, 15) is 19.6 Å². The lowest BCUT2D eigenvalue weighted by Gasteiger charge is -2.36. The Morgan fingerprint density at radius 2 is 1.86 bits per heavy atom. The molecule has 194 valence electrons. The summed E-state index contributed by atoms with van der Waals surface area (Å²) in [6, 6.07) is 13.1. The number of amides is 2. The number of hydroxylamine groups is 1. The zero-order valence-corrected chi connectivity index (χ0v) is 21.5. The highest BCUT2D eigenvalue weighted by atomic mass is 16.5. The molecule has 0 aliphatic carbocycles. The van der Waals surface area contributed by atoms with E-state index in [1.165, 1.54) is 0 Å². The van der Waals surface area contributed by atoms with Crippen LogP contribution in [0, 0.1) is 24.2 Å². The first-order valence-corrected chi connectivity index (χ1v) is 12.3. The number of aromatic nitrogens is 1. The molecule has 0 bridgehead atoms. The monoisotopic (exact) mass is 494 g/mol. The van der Waals surface area contributed by atoms with Crippen LogP contribution in [0.15, 0.2) is 54.7 Å². The maximum absolute atomic E-state index is 14.5. The minimum atomic E-state index is -1.45. The molecule has 36 heavy (non-hydrogen) atoms. The number of nitrogens with two attached hydrogens (primary N) is 1. The molecule has 0 aliphatic heterocycles. The third kappa shape index (κ3) is 7.08. The van der Waals surface area contributed by atoms with Crippen LogP contribution in [-0.2, 0) is 14.4 Å². The fraction of sp³-hybridized carbons (Fsp3) is 0.429. The minimum Gasteiger partial charge on any atom is -0.298 e. The molecule has 1 aromatic carbocycles. The van der Waals surface area contributed by atoms with Gasteiger partial charge in [-0.3, -0.25) is 30.0 Å². The first-order valence-electron chi connectivity index (χ1n) is 12.3. The molecule has 1 heterocycles. The lowest BCUT2D eigenvalue weighted by atomic mass is 9.65. The van der Waals surface area contributed by atoms with Gasteiger partial charge in [0.25, 0.3) is 0 Å². The number of Topliss-reactive ketones (excluding diaryl/α,β-unsaturated/α-hetero) is 1. The number of pyridine rings is 1. The third-order valence-electron chi connectivity index (χ3n) is 6.36. The number of benzene rings is 1. The van der Waals surface area contributed by atoms with Crippen LogP contribution in [0.25, 0.3) is 6.08 Å². The van der Waals surface area contributed by atoms with Gasteiger partial charge in [-0.25, -0.2) is 11.3 Å². The average Bonchev–Trinajstić information content (AvgIpc) is 2.87. The Balaban J connectivity index is 2.67. The fourth-order valence-corrected chi connectivity index (χ4v) is 4.85. The van der Waals surface area contributed by atoms with E-state index in [1.54, 1.807) is 29.9 Å². The smallest absolute Gasteiger partial charge is 0.247 e. The summed E-state index contributed by atoms with van der Waals surface area (Å²) in [4.78, 5) is 45.1. The summed E-state index contributed by atoms with van der Waals surface area (Å²) in [5.41, 5.74) is 4.62. The molecule has 2 rings (SSSR count). The number of carbonyl (C=O) groups excluding carboxylic acids is 3. The first-order chi connectivity index (χ1) is 17.2. The van der Waals surface area contributed by atoms with E-state index >= 15 is 0 Å². The van der Waals surface area contributed by atoms with Crippen LogP contribution < -0.4 is 16.7 Å². The van der Waals surface area contributed by atoms with E-state index in [-0.39, 0.29) is 25.2 Å². The number of ketones is 1. The second-order valence-electron chi connectivity index (χ2n) is 9.63. The molecule has 8 heteroatoms. The largest absolute Gasteiger partial charge is 0.298 e. The standard InChI is InChI=1S/C28H38N4O4/c1-5-15-28(18-19(2)3,27(35)31-29)25(33)24(23-17-20(4)14-16-30-23)22(26(34)32-36)13-9-12-21-10-7-6-8-11-21/h6-12,14,16-17,19,22,24,36H,5,13,15,18,29H2,1-4H3,(H,31,35)(H,32,34)/t22-,24+,28?/m0/s1. The summed E-state index contributed by atoms with van der Waals surface area (Å²) < 4.78 is 0. The zero-order chi connectivity index (χ0) is 26.7. The number of aryl methyl sites for hydroxylation is 1. The fourth-order valence-electron chi connectivity index (χ4n) is 4.85. The molecule has 8 nitrogen and oxygen atoms in total. The number of hydrogen-bond donors (Lipinski definition) is 4. The van der Waals surface area contributed by atoms with E-state index in [2.05, 4.69) is 10.4 Å². The number of hydrogen-bond acceptors (Lipinski definition) is 6. The van der Waals surface area contributed by atoms with Crippen LogP contribution in [0.3, 0.4) is 0 Å². The highest BCUT2D eigenvalue weighted by Gasteiger charge is 2.51. The molecule has 2 amide bonds. The molecule has 0 saturated carbocycles. The van der Waals surface area contributed by atoms with Crippen molar-refractivity contribution in [2.45, 2.75) is 59.3 Å². The highest BCUT2D eigenvalue weighted by Crippen LogP contribution is 2.42. The Morgan fingerprint density at radius 1 is 1.17 bits per heavy atom. The van der Waals surface area contributed by atoms with Gasteiger partial charge in [-0.05, 0) is 55.4 Å². The SMILES string of the molecule is CCCC(CC(C)C)(C(=O)NN)C(=O)[C@@H](c1cc(C)ccn1)[C@H](CC=Cc1ccccc1)C(=O)NO. The van der Waals surface area contributed by atoms with Crippen molar-refractivity contribution in [3.05, 3.63) is 71.6 Å². The van der Waals surface area contributed by atoms with Crippen LogP contribution >= 0.6 is 0 Å². The summed E-state index contributed by atoms with van der Waals surface area (Å²) >= 11 is 0. The van der Waals surface area contributed by atoms with Gasteiger partial charge in [0, 0.05) is 6.20 Å². The summed E-state index contributed by atoms with van der Waals surface area (Å²) in [6.45, 7) is 7.62. The van der Waals surface area contributed by atoms with Gasteiger partial charge in [-0.1, -0.05) is 69.7 Å². The van der Waals surface area contributed by atoms with E-state index in [1.807, 2.05) is 64.1 Å². The molecule has 0 aliphatic rings. The molecule has 0 saturated heterocycles. The van der Waals surface area contributed by atoms with Crippen LogP contribution in [0.1, 0.15) is 69.2 Å². The van der Waals surface area contributed by atoms with Gasteiger partial charge in [0.1, 0.15) is 5.41 Å². The lowest BCUT2D eigenvalue weighted by molar-refractivity contribution is -0.148. The normalized spacial score (nSPS) is 14.8. The Hall–Kier alpha value is -3.36. The maximum Gasteiger partial charge on any atom is 0.247 e. The van der Waals surface area contributed by atoms with Crippen molar-refractivity contribution in [3.63, 3.8) is 0 Å². The molecule has 0 fully saturated rings. The van der Waals surface area contributed by atoms with Crippen molar-refractivity contribution in [1.82, 2.24) is 15.9 Å². The van der Waals surface area contributed by atoms with Crippen molar-refractivity contribution >= 4 is 23.7 Å². The van der Waals surface area contributed by atoms with Crippen LogP contribution in [0.5, 0.6) is 0 Å². The predicted octanol–water partition coefficient (Wildman–Crippen LogP) is 4.09. The van der Waals surface area contributed by atoms with Gasteiger partial charge in [-0.2, -0.15) is 0 Å². The van der Waals surface area contributed by atoms with Gasteiger partial charge in [0.05, 0.1) is 17.5 Å². The van der Waals surface area contributed by atoms with Gasteiger partial charge >= 0.3 is 0 Å². The summed E-state index contributed by atoms with van der Waals surface area (Å²) in [7, 11) is 0. The summed E-state index contributed by atoms with van der Waals surface area (Å²) in [5, 5.41) is 9.61. The number of nitrogens with one attached hydrogen (secondary N) is 2. The van der Waals surface area contributed by atoms with Gasteiger partial charge in [0.15, 0.2) is 5.78 Å². The second kappa shape index (κ2) is 13.7. The van der Waals surface area contributed by atoms with E-state index in [0.717, 1.165) is 11.1 Å². The minimum absolute atomic E-state index is 0.00649. The van der Waals surface area contributed by atoms with Gasteiger partial charge in [-0.15, -0.1) is 0 Å². The molecular formula is C28H38N4O4. The summed E-state index contributed by atoms with van der Waals surface area (Å²) in [5.74, 6) is 1.75. The Morgan fingerprint density at radius 3 is 2.42 bits per heavy atom. The van der Waals surface area contributed by atoms with Crippen molar-refractivity contribution in [3.8, 4) is 0 Å². The van der Waals surface area contributed by atoms with E-state index in [0.29, 0.717) is 12.1 Å². The first kappa shape index (κ1) is 28.9. The Bertz CT molecular complexity index is 1050.